The van der Waals surface area contributed by atoms with Crippen molar-refractivity contribution in [1.82, 2.24) is 30.0 Å². The lowest BCUT2D eigenvalue weighted by Crippen LogP contribution is -2.14. The fraction of sp³-hybridized carbons (Fsp3) is 0.0833. The van der Waals surface area contributed by atoms with Crippen LogP contribution in [-0.2, 0) is 12.4 Å². The molecule has 3 heterocycles. The summed E-state index contributed by atoms with van der Waals surface area (Å²) in [4.78, 5) is 22.3. The topological polar surface area (TPSA) is 149 Å². The van der Waals surface area contributed by atoms with E-state index in [4.69, 9.17) is 14.6 Å². The van der Waals surface area contributed by atoms with Crippen molar-refractivity contribution in [3.8, 4) is 34.3 Å². The summed E-state index contributed by atoms with van der Waals surface area (Å²) in [5.41, 5.74) is -4.69. The quantitative estimate of drug-likeness (QED) is 0.259. The monoisotopic (exact) mass is 578 g/mol. The number of hydrogen-bond donors (Lipinski definition) is 2. The van der Waals surface area contributed by atoms with Crippen molar-refractivity contribution < 1.29 is 50.6 Å². The molecule has 0 radical (unpaired) electrons. The molecule has 5 rings (SSSR count). The Balaban J connectivity index is 1.42. The van der Waals surface area contributed by atoms with Crippen molar-refractivity contribution in [3.63, 3.8) is 0 Å². The molecule has 3 aromatic heterocycles. The zero-order valence-corrected chi connectivity index (χ0v) is 19.8. The third-order valence-corrected chi connectivity index (χ3v) is 5.70. The highest BCUT2D eigenvalue weighted by molar-refractivity contribution is 5.90. The van der Waals surface area contributed by atoms with Crippen molar-refractivity contribution in [2.45, 2.75) is 12.4 Å². The van der Waals surface area contributed by atoms with Gasteiger partial charge in [-0.3, -0.25) is 0 Å². The highest BCUT2D eigenvalue weighted by Gasteiger charge is 2.37. The van der Waals surface area contributed by atoms with Crippen molar-refractivity contribution in [2.24, 2.45) is 0 Å². The third-order valence-electron chi connectivity index (χ3n) is 5.70. The van der Waals surface area contributed by atoms with E-state index < -0.39 is 46.5 Å². The average Bonchev–Trinajstić information content (AvgIpc) is 3.67. The molecular formula is C24H12F6N6O5. The van der Waals surface area contributed by atoms with E-state index in [0.29, 0.717) is 12.1 Å². The van der Waals surface area contributed by atoms with Crippen LogP contribution >= 0.6 is 0 Å². The summed E-state index contributed by atoms with van der Waals surface area (Å²) in [7, 11) is 0. The lowest BCUT2D eigenvalue weighted by Gasteiger charge is -2.11. The number of furan rings is 1. The molecule has 0 aliphatic heterocycles. The maximum Gasteiger partial charge on any atom is 0.417 e. The van der Waals surface area contributed by atoms with Crippen LogP contribution in [0.2, 0.25) is 0 Å². The van der Waals surface area contributed by atoms with Crippen LogP contribution in [0.4, 0.5) is 26.3 Å². The van der Waals surface area contributed by atoms with Crippen LogP contribution in [0.1, 0.15) is 31.8 Å². The summed E-state index contributed by atoms with van der Waals surface area (Å²) in [5, 5.41) is 33.3. The second-order valence-electron chi connectivity index (χ2n) is 8.33. The van der Waals surface area contributed by atoms with Gasteiger partial charge in [0.15, 0.2) is 11.5 Å². The van der Waals surface area contributed by atoms with E-state index in [0.717, 1.165) is 33.6 Å². The maximum absolute atomic E-state index is 13.4. The van der Waals surface area contributed by atoms with Crippen molar-refractivity contribution in [3.05, 3.63) is 83.2 Å². The molecule has 0 aliphatic rings. The SMILES string of the molecule is O=C(O)c1ccc(-n2cc(-c3ccc(-c4cn(-c5ccc(C(=O)O)c(C(F)(F)F)c5)nn4)o3)nn2)cc1C(F)(F)F. The Bertz CT molecular complexity index is 1670. The lowest BCUT2D eigenvalue weighted by atomic mass is 10.1. The maximum atomic E-state index is 13.4. The number of rotatable bonds is 6. The summed E-state index contributed by atoms with van der Waals surface area (Å²) in [5.74, 6) is -3.30. The van der Waals surface area contributed by atoms with Crippen LogP contribution in [0.15, 0.2) is 65.3 Å². The standard InChI is InChI=1S/C24H12F6N6O5/c25-23(26,27)15-7-11(1-3-13(15)21(37)38)35-9-17(31-33-35)19-5-6-20(41-19)18-10-36(34-32-18)12-2-4-14(22(39)40)16(8-12)24(28,29)30/h1-10H,(H,37,38)(H,39,40). The Morgan fingerprint density at radius 2 is 1.05 bits per heavy atom. The van der Waals surface area contributed by atoms with Gasteiger partial charge in [-0.1, -0.05) is 10.4 Å². The summed E-state index contributed by atoms with van der Waals surface area (Å²) in [6.45, 7) is 0. The molecule has 2 aromatic carbocycles. The number of aromatic carboxylic acids is 2. The van der Waals surface area contributed by atoms with Gasteiger partial charge in [-0.2, -0.15) is 26.3 Å². The molecule has 0 aliphatic carbocycles. The Morgan fingerprint density at radius 1 is 0.659 bits per heavy atom. The summed E-state index contributed by atoms with van der Waals surface area (Å²) >= 11 is 0. The fourth-order valence-corrected chi connectivity index (χ4v) is 3.81. The molecule has 0 saturated heterocycles. The Kier molecular flexibility index (Phi) is 6.35. The number of aromatic nitrogens is 6. The minimum absolute atomic E-state index is 0.0820. The van der Waals surface area contributed by atoms with Crippen LogP contribution in [0, 0.1) is 0 Å². The van der Waals surface area contributed by atoms with Gasteiger partial charge in [-0.15, -0.1) is 10.2 Å². The number of carboxylic acid groups (broad SMARTS) is 2. The molecule has 0 atom stereocenters. The first kappa shape index (κ1) is 27.1. The molecule has 11 nitrogen and oxygen atoms in total. The van der Waals surface area contributed by atoms with E-state index in [1.54, 1.807) is 0 Å². The molecule has 17 heteroatoms. The van der Waals surface area contributed by atoms with Gasteiger partial charge in [-0.25, -0.2) is 19.0 Å². The number of carbonyl (C=O) groups is 2. The van der Waals surface area contributed by atoms with Crippen LogP contribution in [0.25, 0.3) is 34.3 Å². The molecule has 0 spiro atoms. The summed E-state index contributed by atoms with van der Waals surface area (Å²) in [6.07, 6.45) is -7.41. The van der Waals surface area contributed by atoms with E-state index in [2.05, 4.69) is 20.6 Å². The van der Waals surface area contributed by atoms with Crippen molar-refractivity contribution >= 4 is 11.9 Å². The number of benzene rings is 2. The van der Waals surface area contributed by atoms with Gasteiger partial charge in [0.25, 0.3) is 0 Å². The molecule has 0 amide bonds. The van der Waals surface area contributed by atoms with Gasteiger partial charge in [0, 0.05) is 0 Å². The summed E-state index contributed by atoms with van der Waals surface area (Å²) < 4.78 is 87.8. The normalized spacial score (nSPS) is 12.0. The second kappa shape index (κ2) is 9.61. The molecule has 0 bridgehead atoms. The van der Waals surface area contributed by atoms with Gasteiger partial charge < -0.3 is 14.6 Å². The number of halogens is 6. The molecule has 2 N–H and O–H groups in total. The van der Waals surface area contributed by atoms with Gasteiger partial charge in [0.2, 0.25) is 0 Å². The van der Waals surface area contributed by atoms with Crippen LogP contribution in [-0.4, -0.2) is 52.1 Å². The average molecular weight is 578 g/mol. The summed E-state index contributed by atoms with van der Waals surface area (Å²) in [6, 6.07) is 7.92. The van der Waals surface area contributed by atoms with E-state index in [1.165, 1.54) is 24.5 Å². The van der Waals surface area contributed by atoms with E-state index in [9.17, 15) is 35.9 Å². The number of nitrogens with zero attached hydrogens (tertiary/aromatic N) is 6. The van der Waals surface area contributed by atoms with Crippen molar-refractivity contribution in [1.29, 1.82) is 0 Å². The number of carboxylic acids is 2. The number of hydrogen-bond acceptors (Lipinski definition) is 7. The van der Waals surface area contributed by atoms with Gasteiger partial charge in [0.05, 0.1) is 46.0 Å². The third kappa shape index (κ3) is 5.23. The Hall–Kier alpha value is -5.48. The second-order valence-corrected chi connectivity index (χ2v) is 8.33. The minimum Gasteiger partial charge on any atom is -0.478 e. The Morgan fingerprint density at radius 3 is 1.39 bits per heavy atom. The van der Waals surface area contributed by atoms with Gasteiger partial charge >= 0.3 is 24.3 Å². The van der Waals surface area contributed by atoms with E-state index in [1.807, 2.05) is 0 Å². The first-order chi connectivity index (χ1) is 19.2. The number of alkyl halides is 6. The first-order valence-electron chi connectivity index (χ1n) is 11.1. The Labute approximate surface area is 222 Å². The highest BCUT2D eigenvalue weighted by atomic mass is 19.4. The highest BCUT2D eigenvalue weighted by Crippen LogP contribution is 2.35. The first-order valence-corrected chi connectivity index (χ1v) is 11.1. The van der Waals surface area contributed by atoms with E-state index >= 15 is 0 Å². The van der Waals surface area contributed by atoms with Crippen LogP contribution < -0.4 is 0 Å². The fourth-order valence-electron chi connectivity index (χ4n) is 3.81. The van der Waals surface area contributed by atoms with E-state index in [-0.39, 0.29) is 34.3 Å². The lowest BCUT2D eigenvalue weighted by molar-refractivity contribution is -0.138. The molecule has 210 valence electrons. The molecule has 41 heavy (non-hydrogen) atoms. The molecular weight excluding hydrogens is 566 g/mol. The largest absolute Gasteiger partial charge is 0.478 e. The van der Waals surface area contributed by atoms with Gasteiger partial charge in [-0.05, 0) is 48.5 Å². The zero-order chi connectivity index (χ0) is 29.7. The predicted molar refractivity (Wildman–Crippen MR) is 123 cm³/mol. The van der Waals surface area contributed by atoms with Gasteiger partial charge in [0.1, 0.15) is 11.4 Å². The molecule has 0 fully saturated rings. The molecule has 0 saturated carbocycles. The minimum atomic E-state index is -4.94. The zero-order valence-electron chi connectivity index (χ0n) is 19.8. The smallest absolute Gasteiger partial charge is 0.417 e. The van der Waals surface area contributed by atoms with Crippen molar-refractivity contribution in [2.75, 3.05) is 0 Å². The molecule has 0 unspecified atom stereocenters. The molecule has 5 aromatic rings. The predicted octanol–water partition coefficient (Wildman–Crippen LogP) is 5.21. The van der Waals surface area contributed by atoms with Crippen LogP contribution in [0.3, 0.4) is 0 Å². The van der Waals surface area contributed by atoms with Crippen LogP contribution in [0.5, 0.6) is 0 Å².